The van der Waals surface area contributed by atoms with Gasteiger partial charge in [0.25, 0.3) is 5.91 Å². The largest absolute Gasteiger partial charge is 0.493 e. The number of halogens is 2. The molecule has 1 N–H and O–H groups in total. The number of pyridine rings is 1. The predicted octanol–water partition coefficient (Wildman–Crippen LogP) is 5.24. The summed E-state index contributed by atoms with van der Waals surface area (Å²) in [5, 5.41) is 3.18. The molecule has 30 heavy (non-hydrogen) atoms. The summed E-state index contributed by atoms with van der Waals surface area (Å²) in [6.07, 6.45) is 2.81. The van der Waals surface area contributed by atoms with Crippen molar-refractivity contribution < 1.29 is 19.0 Å². The van der Waals surface area contributed by atoms with E-state index in [1.165, 1.54) is 19.5 Å². The predicted molar refractivity (Wildman–Crippen MR) is 117 cm³/mol. The van der Waals surface area contributed by atoms with Gasteiger partial charge in [0, 0.05) is 18.0 Å². The molecule has 0 saturated carbocycles. The normalized spacial score (nSPS) is 10.5. The molecular weight excluding hydrogens is 427 g/mol. The van der Waals surface area contributed by atoms with Crippen LogP contribution in [-0.2, 0) is 11.3 Å². The van der Waals surface area contributed by atoms with Gasteiger partial charge >= 0.3 is 0 Å². The van der Waals surface area contributed by atoms with Gasteiger partial charge in [-0.05, 0) is 23.8 Å². The molecule has 0 aliphatic rings. The van der Waals surface area contributed by atoms with Crippen molar-refractivity contribution >= 4 is 34.8 Å². The number of benzene rings is 2. The van der Waals surface area contributed by atoms with Gasteiger partial charge in [0.15, 0.2) is 11.5 Å². The lowest BCUT2D eigenvalue weighted by molar-refractivity contribution is 0.0878. The summed E-state index contributed by atoms with van der Waals surface area (Å²) in [7, 11) is 1.53. The monoisotopic (exact) mass is 446 g/mol. The number of amides is 1. The molecular formula is C22H20Cl2N2O4. The number of carbonyl (C=O) groups excluding carboxylic acids is 1. The molecule has 0 aliphatic carbocycles. The first kappa shape index (κ1) is 21.9. The van der Waals surface area contributed by atoms with E-state index >= 15 is 0 Å². The molecule has 156 valence electrons. The zero-order chi connectivity index (χ0) is 21.3. The summed E-state index contributed by atoms with van der Waals surface area (Å²) >= 11 is 12.1. The first-order valence-corrected chi connectivity index (χ1v) is 9.87. The SMILES string of the molecule is COc1ccc(C(=O)Nc2c(Cl)cncc2Cl)cc1OCCOCc1ccccc1. The molecule has 0 aliphatic heterocycles. The lowest BCUT2D eigenvalue weighted by atomic mass is 10.2. The van der Waals surface area contributed by atoms with Crippen molar-refractivity contribution in [2.75, 3.05) is 25.6 Å². The fourth-order valence-corrected chi connectivity index (χ4v) is 3.08. The Morgan fingerprint density at radius 2 is 1.73 bits per heavy atom. The second-order valence-corrected chi connectivity index (χ2v) is 7.00. The van der Waals surface area contributed by atoms with Crippen molar-refractivity contribution in [3.05, 3.63) is 82.1 Å². The van der Waals surface area contributed by atoms with Gasteiger partial charge in [-0.25, -0.2) is 0 Å². The fourth-order valence-electron chi connectivity index (χ4n) is 2.62. The van der Waals surface area contributed by atoms with Gasteiger partial charge in [0.2, 0.25) is 0 Å². The average molecular weight is 447 g/mol. The number of methoxy groups -OCH3 is 1. The Balaban J connectivity index is 1.61. The Hall–Kier alpha value is -2.80. The highest BCUT2D eigenvalue weighted by atomic mass is 35.5. The minimum atomic E-state index is -0.391. The number of aromatic nitrogens is 1. The van der Waals surface area contributed by atoms with Crippen molar-refractivity contribution in [2.45, 2.75) is 6.61 Å². The molecule has 1 heterocycles. The molecule has 1 amide bonds. The van der Waals surface area contributed by atoms with E-state index in [0.29, 0.717) is 42.6 Å². The van der Waals surface area contributed by atoms with Gasteiger partial charge < -0.3 is 19.5 Å². The number of carbonyl (C=O) groups is 1. The number of hydrogen-bond acceptors (Lipinski definition) is 5. The lowest BCUT2D eigenvalue weighted by Gasteiger charge is -2.13. The maximum Gasteiger partial charge on any atom is 0.255 e. The first-order chi connectivity index (χ1) is 14.6. The number of ether oxygens (including phenoxy) is 3. The highest BCUT2D eigenvalue weighted by Crippen LogP contribution is 2.31. The van der Waals surface area contributed by atoms with Crippen LogP contribution in [0, 0.1) is 0 Å². The second-order valence-electron chi connectivity index (χ2n) is 6.18. The highest BCUT2D eigenvalue weighted by molar-refractivity contribution is 6.39. The topological polar surface area (TPSA) is 69.7 Å². The summed E-state index contributed by atoms with van der Waals surface area (Å²) < 4.78 is 16.7. The molecule has 6 nitrogen and oxygen atoms in total. The van der Waals surface area contributed by atoms with Crippen LogP contribution < -0.4 is 14.8 Å². The van der Waals surface area contributed by atoms with E-state index in [0.717, 1.165) is 5.56 Å². The lowest BCUT2D eigenvalue weighted by Crippen LogP contribution is -2.13. The van der Waals surface area contributed by atoms with Crippen molar-refractivity contribution in [3.8, 4) is 11.5 Å². The van der Waals surface area contributed by atoms with Crippen LogP contribution in [0.2, 0.25) is 10.0 Å². The van der Waals surface area contributed by atoms with Gasteiger partial charge in [-0.2, -0.15) is 0 Å². The molecule has 0 atom stereocenters. The van der Waals surface area contributed by atoms with E-state index in [9.17, 15) is 4.79 Å². The average Bonchev–Trinajstić information content (AvgIpc) is 2.76. The van der Waals surface area contributed by atoms with E-state index < -0.39 is 5.91 Å². The zero-order valence-electron chi connectivity index (χ0n) is 16.2. The molecule has 2 aromatic carbocycles. The number of rotatable bonds is 9. The van der Waals surface area contributed by atoms with Gasteiger partial charge in [0.1, 0.15) is 6.61 Å². The summed E-state index contributed by atoms with van der Waals surface area (Å²) in [5.74, 6) is 0.549. The van der Waals surface area contributed by atoms with Crippen LogP contribution in [0.25, 0.3) is 0 Å². The number of anilines is 1. The Labute approximate surface area is 184 Å². The van der Waals surface area contributed by atoms with Gasteiger partial charge in [-0.3, -0.25) is 9.78 Å². The Bertz CT molecular complexity index is 979. The summed E-state index contributed by atoms with van der Waals surface area (Å²) in [6.45, 7) is 1.18. The minimum absolute atomic E-state index is 0.247. The van der Waals surface area contributed by atoms with Crippen LogP contribution in [0.5, 0.6) is 11.5 Å². The molecule has 1 aromatic heterocycles. The van der Waals surface area contributed by atoms with Crippen LogP contribution in [0.3, 0.4) is 0 Å². The van der Waals surface area contributed by atoms with Crippen molar-refractivity contribution in [1.29, 1.82) is 0 Å². The zero-order valence-corrected chi connectivity index (χ0v) is 17.7. The number of hydrogen-bond donors (Lipinski definition) is 1. The van der Waals surface area contributed by atoms with Crippen LogP contribution in [0.4, 0.5) is 5.69 Å². The van der Waals surface area contributed by atoms with Crippen LogP contribution in [0.1, 0.15) is 15.9 Å². The van der Waals surface area contributed by atoms with Gasteiger partial charge in [-0.15, -0.1) is 0 Å². The van der Waals surface area contributed by atoms with Crippen molar-refractivity contribution in [2.24, 2.45) is 0 Å². The smallest absolute Gasteiger partial charge is 0.255 e. The van der Waals surface area contributed by atoms with E-state index in [1.807, 2.05) is 30.3 Å². The quantitative estimate of drug-likeness (QED) is 0.454. The summed E-state index contributed by atoms with van der Waals surface area (Å²) in [5.41, 5.74) is 1.74. The van der Waals surface area contributed by atoms with Crippen LogP contribution >= 0.6 is 23.2 Å². The highest BCUT2D eigenvalue weighted by Gasteiger charge is 2.15. The minimum Gasteiger partial charge on any atom is -0.493 e. The van der Waals surface area contributed by atoms with Crippen LogP contribution in [0.15, 0.2) is 60.9 Å². The third-order valence-corrected chi connectivity index (χ3v) is 4.69. The van der Waals surface area contributed by atoms with Gasteiger partial charge in [-0.1, -0.05) is 53.5 Å². The summed E-state index contributed by atoms with van der Waals surface area (Å²) in [6, 6.07) is 14.7. The second kappa shape index (κ2) is 10.8. The first-order valence-electron chi connectivity index (χ1n) is 9.11. The Kier molecular flexibility index (Phi) is 7.90. The molecule has 3 rings (SSSR count). The van der Waals surface area contributed by atoms with Crippen molar-refractivity contribution in [1.82, 2.24) is 4.98 Å². The van der Waals surface area contributed by atoms with E-state index in [1.54, 1.807) is 18.2 Å². The molecule has 0 spiro atoms. The van der Waals surface area contributed by atoms with E-state index in [-0.39, 0.29) is 10.0 Å². The van der Waals surface area contributed by atoms with E-state index in [4.69, 9.17) is 37.4 Å². The maximum atomic E-state index is 12.6. The molecule has 0 bridgehead atoms. The molecule has 0 unspecified atom stereocenters. The number of nitrogens with one attached hydrogen (secondary N) is 1. The van der Waals surface area contributed by atoms with Crippen LogP contribution in [-0.4, -0.2) is 31.2 Å². The Morgan fingerprint density at radius 1 is 1.00 bits per heavy atom. The standard InChI is InChI=1S/C22H20Cl2N2O4/c1-28-19-8-7-16(22(27)26-21-17(23)12-25-13-18(21)24)11-20(19)30-10-9-29-14-15-5-3-2-4-6-15/h2-8,11-13H,9-10,14H2,1H3,(H,25,26,27). The van der Waals surface area contributed by atoms with E-state index in [2.05, 4.69) is 10.3 Å². The molecule has 8 heteroatoms. The molecule has 0 saturated heterocycles. The number of nitrogens with zero attached hydrogens (tertiary/aromatic N) is 1. The molecule has 0 radical (unpaired) electrons. The summed E-state index contributed by atoms with van der Waals surface area (Å²) in [4.78, 5) is 16.5. The maximum absolute atomic E-state index is 12.6. The van der Waals surface area contributed by atoms with Crippen molar-refractivity contribution in [3.63, 3.8) is 0 Å². The Morgan fingerprint density at radius 3 is 2.43 bits per heavy atom. The third-order valence-electron chi connectivity index (χ3n) is 4.11. The molecule has 0 fully saturated rings. The molecule has 3 aromatic rings. The van der Waals surface area contributed by atoms with Gasteiger partial charge in [0.05, 0.1) is 36.1 Å². The fraction of sp³-hybridized carbons (Fsp3) is 0.182. The third kappa shape index (κ3) is 5.86.